The van der Waals surface area contributed by atoms with Crippen LogP contribution in [0.5, 0.6) is 0 Å². The molecule has 1 aliphatic carbocycles. The van der Waals surface area contributed by atoms with Crippen LogP contribution in [0, 0.1) is 12.8 Å². The first kappa shape index (κ1) is 14.6. The molecule has 0 radical (unpaired) electrons. The Morgan fingerprint density at radius 2 is 2.00 bits per heavy atom. The van der Waals surface area contributed by atoms with E-state index < -0.39 is 5.97 Å². The lowest BCUT2D eigenvalue weighted by atomic mass is 9.80. The molecule has 1 aliphatic rings. The van der Waals surface area contributed by atoms with Gasteiger partial charge in [0.25, 0.3) is 5.91 Å². The van der Waals surface area contributed by atoms with Crippen molar-refractivity contribution in [2.45, 2.75) is 25.8 Å². The minimum atomic E-state index is -0.803. The zero-order valence-corrected chi connectivity index (χ0v) is 12.6. The van der Waals surface area contributed by atoms with E-state index in [9.17, 15) is 9.59 Å². The van der Waals surface area contributed by atoms with E-state index in [1.807, 2.05) is 0 Å². The number of nitrogens with one attached hydrogen (secondary N) is 1. The van der Waals surface area contributed by atoms with Gasteiger partial charge < -0.3 is 10.4 Å². The normalized spacial score (nSPS) is 20.2. The van der Waals surface area contributed by atoms with Crippen molar-refractivity contribution in [1.29, 1.82) is 0 Å². The summed E-state index contributed by atoms with van der Waals surface area (Å²) in [5, 5.41) is 12.3. The number of carboxylic acids is 1. The quantitative estimate of drug-likeness (QED) is 0.885. The number of amides is 1. The fourth-order valence-electron chi connectivity index (χ4n) is 2.30. The standard InChI is InChI=1S/C14H14N4O3S/c1-7-10(12(19)18-9-5-8(6-9)14(20)21)22-13(17-7)11-15-3-2-4-16-11/h2-4,8-9H,5-6H2,1H3,(H,18,19)(H,20,21). The Labute approximate surface area is 130 Å². The van der Waals surface area contributed by atoms with Crippen molar-refractivity contribution in [2.75, 3.05) is 0 Å². The predicted molar refractivity (Wildman–Crippen MR) is 79.5 cm³/mol. The second-order valence-corrected chi connectivity index (χ2v) is 6.18. The van der Waals surface area contributed by atoms with Crippen LogP contribution in [0.2, 0.25) is 0 Å². The molecule has 0 aliphatic heterocycles. The number of hydrogen-bond donors (Lipinski definition) is 2. The van der Waals surface area contributed by atoms with Crippen molar-refractivity contribution in [3.63, 3.8) is 0 Å². The van der Waals surface area contributed by atoms with Gasteiger partial charge in [0, 0.05) is 18.4 Å². The number of nitrogens with zero attached hydrogens (tertiary/aromatic N) is 3. The van der Waals surface area contributed by atoms with Crippen LogP contribution in [0.4, 0.5) is 0 Å². The van der Waals surface area contributed by atoms with Crippen molar-refractivity contribution in [2.24, 2.45) is 5.92 Å². The molecule has 114 valence electrons. The van der Waals surface area contributed by atoms with Crippen LogP contribution in [0.1, 0.15) is 28.2 Å². The van der Waals surface area contributed by atoms with Crippen molar-refractivity contribution in [3.8, 4) is 10.8 Å². The van der Waals surface area contributed by atoms with E-state index in [1.165, 1.54) is 11.3 Å². The lowest BCUT2D eigenvalue weighted by Crippen LogP contribution is -2.46. The van der Waals surface area contributed by atoms with Gasteiger partial charge in [-0.15, -0.1) is 11.3 Å². The molecule has 0 bridgehead atoms. The third-order valence-corrected chi connectivity index (χ3v) is 4.73. The van der Waals surface area contributed by atoms with Crippen LogP contribution in [-0.4, -0.2) is 38.0 Å². The number of aliphatic carboxylic acids is 1. The van der Waals surface area contributed by atoms with E-state index in [4.69, 9.17) is 5.11 Å². The molecule has 2 aromatic heterocycles. The zero-order valence-electron chi connectivity index (χ0n) is 11.8. The Bertz CT molecular complexity index is 710. The Kier molecular flexibility index (Phi) is 3.84. The molecule has 0 atom stereocenters. The molecule has 2 heterocycles. The number of carbonyl (C=O) groups is 2. The van der Waals surface area contributed by atoms with Gasteiger partial charge in [0.15, 0.2) is 10.8 Å². The first-order valence-corrected chi connectivity index (χ1v) is 7.64. The van der Waals surface area contributed by atoms with Gasteiger partial charge in [-0.3, -0.25) is 9.59 Å². The van der Waals surface area contributed by atoms with Gasteiger partial charge in [0.2, 0.25) is 0 Å². The van der Waals surface area contributed by atoms with Crippen LogP contribution in [0.25, 0.3) is 10.8 Å². The monoisotopic (exact) mass is 318 g/mol. The number of thiazole rings is 1. The van der Waals surface area contributed by atoms with Crippen molar-refractivity contribution >= 4 is 23.2 Å². The van der Waals surface area contributed by atoms with Crippen LogP contribution >= 0.6 is 11.3 Å². The van der Waals surface area contributed by atoms with Gasteiger partial charge in [-0.2, -0.15) is 0 Å². The smallest absolute Gasteiger partial charge is 0.306 e. The summed E-state index contributed by atoms with van der Waals surface area (Å²) in [6, 6.07) is 1.64. The summed E-state index contributed by atoms with van der Waals surface area (Å²) in [5.74, 6) is -0.876. The van der Waals surface area contributed by atoms with E-state index in [0.717, 1.165) is 0 Å². The minimum absolute atomic E-state index is 0.0773. The van der Waals surface area contributed by atoms with Gasteiger partial charge in [-0.25, -0.2) is 15.0 Å². The highest BCUT2D eigenvalue weighted by molar-refractivity contribution is 7.17. The van der Waals surface area contributed by atoms with E-state index in [1.54, 1.807) is 25.4 Å². The number of aryl methyl sites for hydroxylation is 1. The summed E-state index contributed by atoms with van der Waals surface area (Å²) in [5.41, 5.74) is 0.624. The average Bonchev–Trinajstić information content (AvgIpc) is 2.85. The molecule has 0 spiro atoms. The lowest BCUT2D eigenvalue weighted by Gasteiger charge is -2.32. The summed E-state index contributed by atoms with van der Waals surface area (Å²) in [7, 11) is 0. The highest BCUT2D eigenvalue weighted by Gasteiger charge is 2.35. The molecule has 0 aromatic carbocycles. The number of carboxylic acid groups (broad SMARTS) is 1. The van der Waals surface area contributed by atoms with Gasteiger partial charge >= 0.3 is 5.97 Å². The fourth-order valence-corrected chi connectivity index (χ4v) is 3.22. The van der Waals surface area contributed by atoms with Crippen LogP contribution in [0.15, 0.2) is 18.5 Å². The highest BCUT2D eigenvalue weighted by Crippen LogP contribution is 2.29. The molecular weight excluding hydrogens is 304 g/mol. The highest BCUT2D eigenvalue weighted by atomic mass is 32.1. The van der Waals surface area contributed by atoms with Gasteiger partial charge in [-0.05, 0) is 25.8 Å². The molecule has 0 saturated heterocycles. The minimum Gasteiger partial charge on any atom is -0.481 e. The maximum absolute atomic E-state index is 12.3. The Hall–Kier alpha value is -2.35. The first-order chi connectivity index (χ1) is 10.5. The second-order valence-electron chi connectivity index (χ2n) is 5.18. The van der Waals surface area contributed by atoms with E-state index >= 15 is 0 Å². The topological polar surface area (TPSA) is 105 Å². The van der Waals surface area contributed by atoms with Gasteiger partial charge in [0.05, 0.1) is 11.6 Å². The number of hydrogen-bond acceptors (Lipinski definition) is 6. The maximum Gasteiger partial charge on any atom is 0.306 e. The second kappa shape index (κ2) is 5.80. The summed E-state index contributed by atoms with van der Waals surface area (Å²) < 4.78 is 0. The number of carbonyl (C=O) groups excluding carboxylic acids is 1. The molecule has 1 amide bonds. The van der Waals surface area contributed by atoms with E-state index in [2.05, 4.69) is 20.3 Å². The fraction of sp³-hybridized carbons (Fsp3) is 0.357. The third-order valence-electron chi connectivity index (χ3n) is 3.58. The summed E-state index contributed by atoms with van der Waals surface area (Å²) in [4.78, 5) is 36.1. The first-order valence-electron chi connectivity index (χ1n) is 6.83. The van der Waals surface area contributed by atoms with E-state index in [-0.39, 0.29) is 17.9 Å². The molecular formula is C14H14N4O3S. The number of aromatic nitrogens is 3. The average molecular weight is 318 g/mol. The third kappa shape index (κ3) is 2.82. The SMILES string of the molecule is Cc1nc(-c2ncccn2)sc1C(=O)NC1CC(C(=O)O)C1. The van der Waals surface area contributed by atoms with Crippen molar-refractivity contribution in [3.05, 3.63) is 29.0 Å². The Morgan fingerprint density at radius 1 is 1.32 bits per heavy atom. The summed E-state index contributed by atoms with van der Waals surface area (Å²) >= 11 is 1.24. The predicted octanol–water partition coefficient (Wildman–Crippen LogP) is 1.50. The van der Waals surface area contributed by atoms with Crippen molar-refractivity contribution < 1.29 is 14.7 Å². The van der Waals surface area contributed by atoms with Gasteiger partial charge in [-0.1, -0.05) is 0 Å². The van der Waals surface area contributed by atoms with Crippen LogP contribution in [-0.2, 0) is 4.79 Å². The Morgan fingerprint density at radius 3 is 2.64 bits per heavy atom. The molecule has 7 nitrogen and oxygen atoms in total. The zero-order chi connectivity index (χ0) is 15.7. The molecule has 2 N–H and O–H groups in total. The summed E-state index contributed by atoms with van der Waals surface area (Å²) in [6.07, 6.45) is 4.21. The van der Waals surface area contributed by atoms with Crippen molar-refractivity contribution in [1.82, 2.24) is 20.3 Å². The van der Waals surface area contributed by atoms with Crippen LogP contribution < -0.4 is 5.32 Å². The maximum atomic E-state index is 12.3. The number of rotatable bonds is 4. The molecule has 1 fully saturated rings. The molecule has 1 saturated carbocycles. The Balaban J connectivity index is 1.69. The molecule has 3 rings (SSSR count). The molecule has 8 heteroatoms. The summed E-state index contributed by atoms with van der Waals surface area (Å²) in [6.45, 7) is 1.76. The van der Waals surface area contributed by atoms with Gasteiger partial charge in [0.1, 0.15) is 4.88 Å². The van der Waals surface area contributed by atoms with E-state index in [0.29, 0.717) is 34.2 Å². The molecule has 0 unspecified atom stereocenters. The largest absolute Gasteiger partial charge is 0.481 e. The lowest BCUT2D eigenvalue weighted by molar-refractivity contribution is -0.145. The molecule has 2 aromatic rings. The van der Waals surface area contributed by atoms with Crippen LogP contribution in [0.3, 0.4) is 0 Å². The molecule has 22 heavy (non-hydrogen) atoms.